The zero-order chi connectivity index (χ0) is 15.0. The Balaban J connectivity index is 1.94. The van der Waals surface area contributed by atoms with Gasteiger partial charge in [-0.05, 0) is 12.1 Å². The molecular weight excluding hydrogens is 272 g/mol. The van der Waals surface area contributed by atoms with Gasteiger partial charge in [0.15, 0.2) is 0 Å². The monoisotopic (exact) mass is 288 g/mol. The molecule has 0 saturated heterocycles. The average molecular weight is 288 g/mol. The third-order valence-electron chi connectivity index (χ3n) is 3.97. The lowest BCUT2D eigenvalue weighted by Crippen LogP contribution is -2.35. The first kappa shape index (κ1) is 13.0. The molecule has 2 heteroatoms. The van der Waals surface area contributed by atoms with E-state index in [0.717, 1.165) is 28.2 Å². The minimum absolute atomic E-state index is 0.832. The Kier molecular flexibility index (Phi) is 2.90. The topological polar surface area (TPSA) is 18.5 Å². The maximum absolute atomic E-state index is 6.29. The summed E-state index contributed by atoms with van der Waals surface area (Å²) >= 11 is 0. The molecule has 3 aromatic carbocycles. The van der Waals surface area contributed by atoms with Crippen LogP contribution >= 0.6 is 0 Å². The Morgan fingerprint density at radius 3 is 1.59 bits per heavy atom. The highest BCUT2D eigenvalue weighted by Crippen LogP contribution is 2.44. The second-order valence-corrected chi connectivity index (χ2v) is 5.51. The Morgan fingerprint density at radius 2 is 1.05 bits per heavy atom. The van der Waals surface area contributed by atoms with Gasteiger partial charge in [0.2, 0.25) is 0 Å². The largest absolute Gasteiger partial charge is 0.448 e. The number of ether oxygens (including phenoxy) is 2. The van der Waals surface area contributed by atoms with Crippen LogP contribution in [0.2, 0.25) is 0 Å². The molecule has 0 amide bonds. The number of benzene rings is 3. The molecule has 0 atom stereocenters. The summed E-state index contributed by atoms with van der Waals surface area (Å²) in [6.45, 7) is 1.96. The van der Waals surface area contributed by atoms with Crippen LogP contribution in [0.15, 0.2) is 78.9 Å². The molecule has 0 N–H and O–H groups in total. The Hall–Kier alpha value is -2.74. The summed E-state index contributed by atoms with van der Waals surface area (Å²) in [5.41, 5.74) is 3.09. The van der Waals surface area contributed by atoms with Gasteiger partial charge in [-0.1, -0.05) is 66.7 Å². The van der Waals surface area contributed by atoms with E-state index in [2.05, 4.69) is 12.1 Å². The quantitative estimate of drug-likeness (QED) is 0.627. The zero-order valence-corrected chi connectivity index (χ0v) is 12.3. The van der Waals surface area contributed by atoms with Crippen molar-refractivity contribution < 1.29 is 9.47 Å². The van der Waals surface area contributed by atoms with E-state index in [-0.39, 0.29) is 0 Å². The van der Waals surface area contributed by atoms with Crippen molar-refractivity contribution in [2.75, 3.05) is 0 Å². The third-order valence-corrected chi connectivity index (χ3v) is 3.97. The van der Waals surface area contributed by atoms with Crippen molar-refractivity contribution >= 4 is 0 Å². The van der Waals surface area contributed by atoms with Crippen LogP contribution in [0, 0.1) is 0 Å². The van der Waals surface area contributed by atoms with E-state index in [1.807, 2.05) is 73.7 Å². The van der Waals surface area contributed by atoms with Crippen LogP contribution in [-0.2, 0) is 5.79 Å². The average Bonchev–Trinajstić information content (AvgIpc) is 2.70. The first-order valence-electron chi connectivity index (χ1n) is 7.38. The molecule has 0 aromatic heterocycles. The van der Waals surface area contributed by atoms with Crippen LogP contribution in [-0.4, -0.2) is 0 Å². The molecule has 2 nitrogen and oxygen atoms in total. The van der Waals surface area contributed by atoms with Crippen LogP contribution in [0.3, 0.4) is 0 Å². The predicted octanol–water partition coefficient (Wildman–Crippen LogP) is 5.00. The molecule has 4 rings (SSSR count). The lowest BCUT2D eigenvalue weighted by atomic mass is 10.0. The fraction of sp³-hybridized carbons (Fsp3) is 0.100. The van der Waals surface area contributed by atoms with E-state index in [0.29, 0.717) is 0 Å². The molecule has 1 aliphatic heterocycles. The van der Waals surface area contributed by atoms with Crippen molar-refractivity contribution in [1.29, 1.82) is 0 Å². The van der Waals surface area contributed by atoms with Crippen LogP contribution in [0.5, 0.6) is 11.5 Å². The maximum atomic E-state index is 6.29. The Morgan fingerprint density at radius 1 is 0.591 bits per heavy atom. The molecule has 22 heavy (non-hydrogen) atoms. The van der Waals surface area contributed by atoms with Crippen molar-refractivity contribution in [2.45, 2.75) is 12.7 Å². The molecule has 0 radical (unpaired) electrons. The summed E-state index contributed by atoms with van der Waals surface area (Å²) in [4.78, 5) is 0. The van der Waals surface area contributed by atoms with E-state index >= 15 is 0 Å². The van der Waals surface area contributed by atoms with E-state index in [1.165, 1.54) is 0 Å². The summed E-state index contributed by atoms with van der Waals surface area (Å²) in [5.74, 6) is 0.807. The van der Waals surface area contributed by atoms with Gasteiger partial charge < -0.3 is 9.47 Å². The first-order chi connectivity index (χ1) is 10.8. The van der Waals surface area contributed by atoms with Gasteiger partial charge in [0.05, 0.1) is 0 Å². The lowest BCUT2D eigenvalue weighted by molar-refractivity contribution is -0.102. The predicted molar refractivity (Wildman–Crippen MR) is 86.9 cm³/mol. The second-order valence-electron chi connectivity index (χ2n) is 5.51. The lowest BCUT2D eigenvalue weighted by Gasteiger charge is -2.30. The van der Waals surface area contributed by atoms with Gasteiger partial charge in [0.25, 0.3) is 5.79 Å². The third kappa shape index (κ3) is 2.04. The minimum atomic E-state index is -0.857. The summed E-state index contributed by atoms with van der Waals surface area (Å²) < 4.78 is 12.6. The van der Waals surface area contributed by atoms with Crippen molar-refractivity contribution in [2.24, 2.45) is 0 Å². The number of fused-ring (bicyclic) bond motifs is 3. The highest BCUT2D eigenvalue weighted by Gasteiger charge is 2.35. The van der Waals surface area contributed by atoms with Crippen molar-refractivity contribution in [3.05, 3.63) is 84.4 Å². The Labute approximate surface area is 129 Å². The highest BCUT2D eigenvalue weighted by atomic mass is 16.7. The maximum Gasteiger partial charge on any atom is 0.275 e. The van der Waals surface area contributed by atoms with Gasteiger partial charge in [-0.15, -0.1) is 0 Å². The van der Waals surface area contributed by atoms with Gasteiger partial charge in [0, 0.05) is 23.6 Å². The molecule has 108 valence electrons. The fourth-order valence-electron chi connectivity index (χ4n) is 2.86. The smallest absolute Gasteiger partial charge is 0.275 e. The molecule has 1 heterocycles. The van der Waals surface area contributed by atoms with Crippen LogP contribution in [0.1, 0.15) is 12.5 Å². The first-order valence-corrected chi connectivity index (χ1v) is 7.38. The van der Waals surface area contributed by atoms with Gasteiger partial charge in [-0.3, -0.25) is 0 Å². The van der Waals surface area contributed by atoms with E-state index < -0.39 is 5.79 Å². The number of rotatable bonds is 1. The number of para-hydroxylation sites is 2. The highest BCUT2D eigenvalue weighted by molar-refractivity contribution is 5.76. The van der Waals surface area contributed by atoms with E-state index in [4.69, 9.17) is 9.47 Å². The summed E-state index contributed by atoms with van der Waals surface area (Å²) in [7, 11) is 0. The van der Waals surface area contributed by atoms with Gasteiger partial charge in [0.1, 0.15) is 11.5 Å². The normalized spacial score (nSPS) is 14.8. The molecule has 0 bridgehead atoms. The van der Waals surface area contributed by atoms with Crippen LogP contribution in [0.25, 0.3) is 11.1 Å². The molecule has 0 fully saturated rings. The van der Waals surface area contributed by atoms with E-state index in [9.17, 15) is 0 Å². The molecular formula is C20H16O2. The fourth-order valence-corrected chi connectivity index (χ4v) is 2.86. The summed E-state index contributed by atoms with van der Waals surface area (Å²) in [6.07, 6.45) is 0. The second kappa shape index (κ2) is 4.92. The minimum Gasteiger partial charge on any atom is -0.448 e. The van der Waals surface area contributed by atoms with E-state index in [1.54, 1.807) is 0 Å². The van der Waals surface area contributed by atoms with Gasteiger partial charge in [-0.25, -0.2) is 0 Å². The Bertz CT molecular complexity index is 761. The molecule has 0 saturated carbocycles. The van der Waals surface area contributed by atoms with Gasteiger partial charge >= 0.3 is 0 Å². The van der Waals surface area contributed by atoms with Crippen LogP contribution < -0.4 is 9.47 Å². The SMILES string of the molecule is CC1(c2ccccc2)Oc2ccccc2-c2ccccc2O1. The number of hydrogen-bond donors (Lipinski definition) is 0. The molecule has 0 unspecified atom stereocenters. The zero-order valence-electron chi connectivity index (χ0n) is 12.3. The van der Waals surface area contributed by atoms with Gasteiger partial charge in [-0.2, -0.15) is 0 Å². The standard InChI is InChI=1S/C20H16O2/c1-20(15-9-3-2-4-10-15)21-18-13-7-5-11-16(18)17-12-6-8-14-19(17)22-20/h2-14H,1H3. The molecule has 1 aliphatic rings. The van der Waals surface area contributed by atoms with Crippen LogP contribution in [0.4, 0.5) is 0 Å². The van der Waals surface area contributed by atoms with Crippen molar-refractivity contribution in [3.8, 4) is 22.6 Å². The summed E-state index contributed by atoms with van der Waals surface area (Å²) in [6, 6.07) is 26.1. The number of hydrogen-bond acceptors (Lipinski definition) is 2. The van der Waals surface area contributed by atoms with Crippen molar-refractivity contribution in [1.82, 2.24) is 0 Å². The molecule has 3 aromatic rings. The summed E-state index contributed by atoms with van der Waals surface area (Å²) in [5, 5.41) is 0. The molecule has 0 aliphatic carbocycles. The molecule has 0 spiro atoms. The van der Waals surface area contributed by atoms with Crippen molar-refractivity contribution in [3.63, 3.8) is 0 Å².